The Balaban J connectivity index is 0. The van der Waals surface area contributed by atoms with Crippen LogP contribution in [0.15, 0.2) is 0 Å². The number of hydrogen-bond acceptors (Lipinski definition) is 5. The molecule has 7 heteroatoms. The van der Waals surface area contributed by atoms with Crippen molar-refractivity contribution in [1.82, 2.24) is 0 Å². The maximum Gasteiger partial charge on any atom is 2.00 e. The molecule has 0 rings (SSSR count). The van der Waals surface area contributed by atoms with Crippen LogP contribution in [0.1, 0.15) is 0 Å². The van der Waals surface area contributed by atoms with Gasteiger partial charge in [0.25, 0.3) is 0 Å². The van der Waals surface area contributed by atoms with Crippen molar-refractivity contribution in [2.75, 3.05) is 13.2 Å². The van der Waals surface area contributed by atoms with Gasteiger partial charge in [-0.3, -0.25) is 0 Å². The van der Waals surface area contributed by atoms with Crippen LogP contribution in [0.25, 0.3) is 0 Å². The van der Waals surface area contributed by atoms with Crippen LogP contribution in [0.2, 0.25) is 0 Å². The normalized spacial score (nSPS) is 10.6. The number of nitrogens with two attached hydrogens (primary N) is 1. The molecule has 0 aliphatic rings. The summed E-state index contributed by atoms with van der Waals surface area (Å²) in [6.07, 6.45) is 0. The van der Waals surface area contributed by atoms with Gasteiger partial charge in [-0.05, 0) is 0 Å². The van der Waals surface area contributed by atoms with Crippen LogP contribution in [0.3, 0.4) is 0 Å². The van der Waals surface area contributed by atoms with Crippen molar-refractivity contribution >= 4 is 45.6 Å². The van der Waals surface area contributed by atoms with Gasteiger partial charge in [-0.15, -0.1) is 0 Å². The molecule has 0 heterocycles. The molecule has 0 fully saturated rings. The zero-order chi connectivity index (χ0) is 6.62. The minimum atomic E-state index is -4.76. The third-order valence-electron chi connectivity index (χ3n) is 0.367. The predicted molar refractivity (Wildman–Crippen MR) is 28.4 cm³/mol. The van der Waals surface area contributed by atoms with Crippen molar-refractivity contribution in [2.24, 2.45) is 5.73 Å². The summed E-state index contributed by atoms with van der Waals surface area (Å²) in [7, 11) is -4.76. The van der Waals surface area contributed by atoms with Crippen molar-refractivity contribution in [3.63, 3.8) is 0 Å². The van der Waals surface area contributed by atoms with Crippen LogP contribution in [0.4, 0.5) is 0 Å². The standard InChI is InChI=1S/C2H8NO4P.Ca/c3-1-2-7-8(4,5)6;/h1-3H2,(H2,4,5,6);/q;+2/p-2. The van der Waals surface area contributed by atoms with Crippen molar-refractivity contribution in [2.45, 2.75) is 0 Å². The third-order valence-corrected chi connectivity index (χ3v) is 0.866. The van der Waals surface area contributed by atoms with Crippen molar-refractivity contribution < 1.29 is 18.9 Å². The van der Waals surface area contributed by atoms with Crippen molar-refractivity contribution in [3.05, 3.63) is 0 Å². The summed E-state index contributed by atoms with van der Waals surface area (Å²) in [5.74, 6) is 0. The average Bonchev–Trinajstić information content (AvgIpc) is 1.59. The Hall–Kier alpha value is 1.33. The van der Waals surface area contributed by atoms with Gasteiger partial charge in [-0.1, -0.05) is 0 Å². The van der Waals surface area contributed by atoms with E-state index in [1.54, 1.807) is 0 Å². The summed E-state index contributed by atoms with van der Waals surface area (Å²) in [4.78, 5) is 19.2. The first-order valence-electron chi connectivity index (χ1n) is 1.93. The first kappa shape index (κ1) is 13.0. The molecule has 0 bridgehead atoms. The molecule has 5 nitrogen and oxygen atoms in total. The molecule has 0 radical (unpaired) electrons. The molecule has 0 aromatic heterocycles. The van der Waals surface area contributed by atoms with E-state index in [1.807, 2.05) is 0 Å². The average molecular weight is 179 g/mol. The van der Waals surface area contributed by atoms with Crippen LogP contribution in [0.5, 0.6) is 0 Å². The Morgan fingerprint density at radius 2 is 2.00 bits per heavy atom. The minimum Gasteiger partial charge on any atom is -0.790 e. The molecule has 0 aliphatic heterocycles. The molecule has 50 valence electrons. The van der Waals surface area contributed by atoms with E-state index in [2.05, 4.69) is 4.52 Å². The molecule has 0 aromatic carbocycles. The number of phosphoric acid groups is 1. The second kappa shape index (κ2) is 6.07. The maximum atomic E-state index is 9.58. The summed E-state index contributed by atoms with van der Waals surface area (Å²) in [5, 5.41) is 0. The van der Waals surface area contributed by atoms with Gasteiger partial charge in [0.1, 0.15) is 0 Å². The Kier molecular flexibility index (Phi) is 8.74. The third kappa shape index (κ3) is 12.5. The molecule has 9 heavy (non-hydrogen) atoms. The first-order chi connectivity index (χ1) is 3.56. The zero-order valence-electron chi connectivity index (χ0n) is 4.78. The molecule has 0 amide bonds. The van der Waals surface area contributed by atoms with Crippen LogP contribution < -0.4 is 15.5 Å². The Morgan fingerprint density at radius 3 is 2.11 bits per heavy atom. The van der Waals surface area contributed by atoms with Gasteiger partial charge >= 0.3 is 37.7 Å². The summed E-state index contributed by atoms with van der Waals surface area (Å²) >= 11 is 0. The molecule has 0 aromatic rings. The summed E-state index contributed by atoms with van der Waals surface area (Å²) in [6.45, 7) is -0.196. The molecular weight excluding hydrogens is 173 g/mol. The molecule has 0 aliphatic carbocycles. The van der Waals surface area contributed by atoms with E-state index < -0.39 is 7.82 Å². The monoisotopic (exact) mass is 179 g/mol. The summed E-state index contributed by atoms with van der Waals surface area (Å²) in [6, 6.07) is 0. The first-order valence-corrected chi connectivity index (χ1v) is 3.39. The van der Waals surface area contributed by atoms with Crippen LogP contribution in [-0.2, 0) is 9.09 Å². The maximum absolute atomic E-state index is 9.58. The van der Waals surface area contributed by atoms with E-state index in [4.69, 9.17) is 5.73 Å². The van der Waals surface area contributed by atoms with Gasteiger partial charge in [-0.25, -0.2) is 0 Å². The Morgan fingerprint density at radius 1 is 1.56 bits per heavy atom. The molecule has 0 saturated carbocycles. The molecular formula is C2H6CaNO4P. The van der Waals surface area contributed by atoms with Crippen LogP contribution in [-0.4, -0.2) is 50.9 Å². The molecule has 0 unspecified atom stereocenters. The topological polar surface area (TPSA) is 98.4 Å². The van der Waals surface area contributed by atoms with E-state index in [0.717, 1.165) is 0 Å². The van der Waals surface area contributed by atoms with E-state index in [1.165, 1.54) is 0 Å². The second-order valence-electron chi connectivity index (χ2n) is 1.07. The summed E-state index contributed by atoms with van der Waals surface area (Å²) in [5.41, 5.74) is 4.81. The fourth-order valence-corrected chi connectivity index (χ4v) is 0.494. The minimum absolute atomic E-state index is 0. The molecule has 2 N–H and O–H groups in total. The van der Waals surface area contributed by atoms with Crippen LogP contribution in [0, 0.1) is 0 Å². The fourth-order valence-electron chi connectivity index (χ4n) is 0.165. The smallest absolute Gasteiger partial charge is 0.790 e. The number of rotatable bonds is 3. The predicted octanol–water partition coefficient (Wildman–Crippen LogP) is -2.59. The molecule has 0 saturated heterocycles. The largest absolute Gasteiger partial charge is 2.00 e. The number of hydrogen-bond donors (Lipinski definition) is 1. The van der Waals surface area contributed by atoms with Gasteiger partial charge < -0.3 is 24.6 Å². The van der Waals surface area contributed by atoms with E-state index in [0.29, 0.717) is 0 Å². The summed E-state index contributed by atoms with van der Waals surface area (Å²) < 4.78 is 13.3. The van der Waals surface area contributed by atoms with Gasteiger partial charge in [0.15, 0.2) is 0 Å². The number of phosphoric ester groups is 1. The van der Waals surface area contributed by atoms with Gasteiger partial charge in [-0.2, -0.15) is 0 Å². The van der Waals surface area contributed by atoms with E-state index >= 15 is 0 Å². The molecule has 0 spiro atoms. The Labute approximate surface area is 82.8 Å². The van der Waals surface area contributed by atoms with Crippen molar-refractivity contribution in [3.8, 4) is 0 Å². The zero-order valence-corrected chi connectivity index (χ0v) is 7.88. The van der Waals surface area contributed by atoms with E-state index in [-0.39, 0.29) is 50.9 Å². The quantitative estimate of drug-likeness (QED) is 0.378. The second-order valence-corrected chi connectivity index (χ2v) is 2.22. The van der Waals surface area contributed by atoms with Gasteiger partial charge in [0.2, 0.25) is 0 Å². The van der Waals surface area contributed by atoms with Crippen LogP contribution >= 0.6 is 7.82 Å². The SMILES string of the molecule is NCCOP(=O)([O-])[O-].[Ca+2]. The Bertz CT molecular complexity index is 103. The fraction of sp³-hybridized carbons (Fsp3) is 1.00. The van der Waals surface area contributed by atoms with Gasteiger partial charge in [0, 0.05) is 6.54 Å². The van der Waals surface area contributed by atoms with Crippen molar-refractivity contribution in [1.29, 1.82) is 0 Å². The van der Waals surface area contributed by atoms with E-state index in [9.17, 15) is 14.4 Å². The van der Waals surface area contributed by atoms with Gasteiger partial charge in [0.05, 0.1) is 14.4 Å². The molecule has 0 atom stereocenters.